The number of carbonyl (C=O) groups excluding carboxylic acids is 1. The van der Waals surface area contributed by atoms with Crippen LogP contribution in [-0.2, 0) is 0 Å². The highest BCUT2D eigenvalue weighted by Crippen LogP contribution is 2.12. The molecule has 0 heterocycles. The lowest BCUT2D eigenvalue weighted by Gasteiger charge is -2.16. The molecule has 0 radical (unpaired) electrons. The van der Waals surface area contributed by atoms with Crippen LogP contribution in [0.15, 0.2) is 24.3 Å². The first-order chi connectivity index (χ1) is 8.52. The van der Waals surface area contributed by atoms with Crippen molar-refractivity contribution in [3.8, 4) is 5.75 Å². The van der Waals surface area contributed by atoms with Gasteiger partial charge >= 0.3 is 0 Å². The maximum Gasteiger partial charge on any atom is 0.251 e. The van der Waals surface area contributed by atoms with Crippen LogP contribution in [0, 0.1) is 0 Å². The number of rotatable bonds is 6. The van der Waals surface area contributed by atoms with Gasteiger partial charge in [0.1, 0.15) is 5.75 Å². The predicted octanol–water partition coefficient (Wildman–Crippen LogP) is 0.347. The minimum absolute atomic E-state index is 0.216. The molecule has 100 valence electrons. The van der Waals surface area contributed by atoms with E-state index in [2.05, 4.69) is 5.32 Å². The summed E-state index contributed by atoms with van der Waals surface area (Å²) in [5.74, 6) is 0.420. The minimum atomic E-state index is -0.574. The zero-order valence-corrected chi connectivity index (χ0v) is 11.0. The number of methoxy groups -OCH3 is 1. The van der Waals surface area contributed by atoms with Gasteiger partial charge in [-0.2, -0.15) is 0 Å². The molecule has 1 amide bonds. The summed E-state index contributed by atoms with van der Waals surface area (Å²) in [7, 11) is 5.29. The van der Waals surface area contributed by atoms with Crippen molar-refractivity contribution in [2.45, 2.75) is 6.10 Å². The van der Waals surface area contributed by atoms with Crippen LogP contribution >= 0.6 is 0 Å². The minimum Gasteiger partial charge on any atom is -0.497 e. The number of ether oxygens (including phenoxy) is 1. The van der Waals surface area contributed by atoms with Crippen LogP contribution < -0.4 is 10.1 Å². The predicted molar refractivity (Wildman–Crippen MR) is 69.9 cm³/mol. The Hall–Kier alpha value is -1.59. The number of aliphatic hydroxyl groups is 1. The molecular weight excluding hydrogens is 232 g/mol. The summed E-state index contributed by atoms with van der Waals surface area (Å²) in [6.45, 7) is 0.743. The van der Waals surface area contributed by atoms with Gasteiger partial charge in [-0.05, 0) is 32.3 Å². The molecule has 1 rings (SSSR count). The van der Waals surface area contributed by atoms with Gasteiger partial charge in [-0.15, -0.1) is 0 Å². The lowest BCUT2D eigenvalue weighted by atomic mass is 10.2. The van der Waals surface area contributed by atoms with Crippen molar-refractivity contribution in [1.82, 2.24) is 10.2 Å². The third kappa shape index (κ3) is 4.73. The first kappa shape index (κ1) is 14.5. The van der Waals surface area contributed by atoms with Gasteiger partial charge in [-0.3, -0.25) is 4.79 Å². The third-order valence-corrected chi connectivity index (χ3v) is 2.41. The van der Waals surface area contributed by atoms with Crippen molar-refractivity contribution >= 4 is 5.91 Å². The average Bonchev–Trinajstić information content (AvgIpc) is 2.35. The van der Waals surface area contributed by atoms with Crippen LogP contribution in [-0.4, -0.2) is 56.3 Å². The Morgan fingerprint density at radius 1 is 1.50 bits per heavy atom. The molecule has 0 saturated heterocycles. The molecule has 18 heavy (non-hydrogen) atoms. The normalized spacial score (nSPS) is 12.3. The summed E-state index contributed by atoms with van der Waals surface area (Å²) in [5, 5.41) is 12.3. The van der Waals surface area contributed by atoms with Crippen LogP contribution in [0.5, 0.6) is 5.75 Å². The van der Waals surface area contributed by atoms with Gasteiger partial charge in [0.2, 0.25) is 0 Å². The molecule has 1 atom stereocenters. The standard InChI is InChI=1S/C13H20N2O3/c1-15(2)9-11(16)8-14-13(17)10-5-4-6-12(7-10)18-3/h4-7,11,16H,8-9H2,1-3H3,(H,14,17). The molecule has 1 aromatic rings. The third-order valence-electron chi connectivity index (χ3n) is 2.41. The Morgan fingerprint density at radius 2 is 2.22 bits per heavy atom. The lowest BCUT2D eigenvalue weighted by Crippen LogP contribution is -2.37. The molecule has 5 nitrogen and oxygen atoms in total. The number of benzene rings is 1. The number of carbonyl (C=O) groups is 1. The van der Waals surface area contributed by atoms with E-state index in [1.54, 1.807) is 31.4 Å². The number of nitrogens with zero attached hydrogens (tertiary/aromatic N) is 1. The average molecular weight is 252 g/mol. The smallest absolute Gasteiger partial charge is 0.251 e. The Balaban J connectivity index is 2.49. The van der Waals surface area contributed by atoms with Gasteiger partial charge in [0.25, 0.3) is 5.91 Å². The summed E-state index contributed by atoms with van der Waals surface area (Å²) < 4.78 is 5.05. The highest BCUT2D eigenvalue weighted by Gasteiger charge is 2.10. The van der Waals surface area contributed by atoms with Crippen molar-refractivity contribution < 1.29 is 14.6 Å². The topological polar surface area (TPSA) is 61.8 Å². The maximum absolute atomic E-state index is 11.8. The molecule has 0 aliphatic heterocycles. The Morgan fingerprint density at radius 3 is 2.83 bits per heavy atom. The summed E-state index contributed by atoms with van der Waals surface area (Å²) in [4.78, 5) is 13.7. The molecule has 0 bridgehead atoms. The van der Waals surface area contributed by atoms with Crippen LogP contribution in [0.1, 0.15) is 10.4 Å². The Kier molecular flexibility index (Phi) is 5.61. The number of aliphatic hydroxyl groups excluding tert-OH is 1. The molecule has 2 N–H and O–H groups in total. The van der Waals surface area contributed by atoms with E-state index in [0.717, 1.165) is 0 Å². The molecule has 0 aliphatic carbocycles. The molecule has 0 fully saturated rings. The first-order valence-corrected chi connectivity index (χ1v) is 5.78. The number of hydrogen-bond donors (Lipinski definition) is 2. The molecule has 0 saturated carbocycles. The second-order valence-electron chi connectivity index (χ2n) is 4.36. The molecule has 0 spiro atoms. The Labute approximate surface area is 107 Å². The van der Waals surface area contributed by atoms with Crippen LogP contribution in [0.4, 0.5) is 0 Å². The zero-order valence-electron chi connectivity index (χ0n) is 11.0. The van der Waals surface area contributed by atoms with E-state index in [-0.39, 0.29) is 12.5 Å². The monoisotopic (exact) mass is 252 g/mol. The first-order valence-electron chi connectivity index (χ1n) is 5.78. The SMILES string of the molecule is COc1cccc(C(=O)NCC(O)CN(C)C)c1. The van der Waals surface area contributed by atoms with Crippen molar-refractivity contribution in [2.75, 3.05) is 34.3 Å². The van der Waals surface area contributed by atoms with Crippen molar-refractivity contribution in [3.05, 3.63) is 29.8 Å². The van der Waals surface area contributed by atoms with Crippen LogP contribution in [0.2, 0.25) is 0 Å². The Bertz CT molecular complexity index is 394. The van der Waals surface area contributed by atoms with Gasteiger partial charge in [-0.1, -0.05) is 6.07 Å². The van der Waals surface area contributed by atoms with Gasteiger partial charge in [0.05, 0.1) is 13.2 Å². The molecule has 1 unspecified atom stereocenters. The summed E-state index contributed by atoms with van der Waals surface area (Å²) in [6.07, 6.45) is -0.574. The molecule has 5 heteroatoms. The highest BCUT2D eigenvalue weighted by atomic mass is 16.5. The number of amides is 1. The largest absolute Gasteiger partial charge is 0.497 e. The molecule has 0 aliphatic rings. The summed E-state index contributed by atoms with van der Waals surface area (Å²) in [6, 6.07) is 6.89. The van der Waals surface area contributed by atoms with Crippen molar-refractivity contribution in [3.63, 3.8) is 0 Å². The van der Waals surface area contributed by atoms with Gasteiger partial charge < -0.3 is 20.1 Å². The second kappa shape index (κ2) is 6.98. The fourth-order valence-electron chi connectivity index (χ4n) is 1.56. The van der Waals surface area contributed by atoms with Gasteiger partial charge in [0, 0.05) is 18.7 Å². The number of hydrogen-bond acceptors (Lipinski definition) is 4. The van der Waals surface area contributed by atoms with E-state index in [0.29, 0.717) is 17.9 Å². The molecule has 1 aromatic carbocycles. The zero-order chi connectivity index (χ0) is 13.5. The van der Waals surface area contributed by atoms with E-state index in [4.69, 9.17) is 4.74 Å². The number of likely N-dealkylation sites (N-methyl/N-ethyl adjacent to an activating group) is 1. The van der Waals surface area contributed by atoms with Crippen LogP contribution in [0.25, 0.3) is 0 Å². The van der Waals surface area contributed by atoms with Crippen molar-refractivity contribution in [1.29, 1.82) is 0 Å². The number of nitrogens with one attached hydrogen (secondary N) is 1. The van der Waals surface area contributed by atoms with E-state index >= 15 is 0 Å². The van der Waals surface area contributed by atoms with E-state index < -0.39 is 6.10 Å². The summed E-state index contributed by atoms with van der Waals surface area (Å²) >= 11 is 0. The molecule has 0 aromatic heterocycles. The van der Waals surface area contributed by atoms with E-state index in [1.165, 1.54) is 0 Å². The van der Waals surface area contributed by atoms with E-state index in [9.17, 15) is 9.90 Å². The lowest BCUT2D eigenvalue weighted by molar-refractivity contribution is 0.0892. The van der Waals surface area contributed by atoms with Crippen LogP contribution in [0.3, 0.4) is 0 Å². The van der Waals surface area contributed by atoms with Gasteiger partial charge in [0.15, 0.2) is 0 Å². The fourth-order valence-corrected chi connectivity index (χ4v) is 1.56. The second-order valence-corrected chi connectivity index (χ2v) is 4.36. The van der Waals surface area contributed by atoms with Crippen molar-refractivity contribution in [2.24, 2.45) is 0 Å². The maximum atomic E-state index is 11.8. The van der Waals surface area contributed by atoms with E-state index in [1.807, 2.05) is 19.0 Å². The quantitative estimate of drug-likeness (QED) is 0.767. The summed E-state index contributed by atoms with van der Waals surface area (Å²) in [5.41, 5.74) is 0.520. The highest BCUT2D eigenvalue weighted by molar-refractivity contribution is 5.94. The molecular formula is C13H20N2O3. The fraction of sp³-hybridized carbons (Fsp3) is 0.462. The van der Waals surface area contributed by atoms with Gasteiger partial charge in [-0.25, -0.2) is 0 Å².